The molecular weight excluding hydrogens is 336 g/mol. The zero-order chi connectivity index (χ0) is 18.9. The van der Waals surface area contributed by atoms with Gasteiger partial charge in [-0.3, -0.25) is 4.79 Å². The zero-order valence-corrected chi connectivity index (χ0v) is 16.2. The summed E-state index contributed by atoms with van der Waals surface area (Å²) in [6.45, 7) is 4.48. The fraction of sp³-hybridized carbons (Fsp3) is 0.435. The molecular formula is C23H28N2O2. The first-order valence-electron chi connectivity index (χ1n) is 9.87. The smallest absolute Gasteiger partial charge is 0.230 e. The Balaban J connectivity index is 1.54. The molecule has 1 heterocycles. The molecule has 2 aromatic carbocycles. The van der Waals surface area contributed by atoms with Crippen LogP contribution < -0.4 is 15.4 Å². The summed E-state index contributed by atoms with van der Waals surface area (Å²) in [6.07, 6.45) is 3.99. The Morgan fingerprint density at radius 3 is 2.67 bits per heavy atom. The molecule has 1 aliphatic heterocycles. The van der Waals surface area contributed by atoms with Gasteiger partial charge >= 0.3 is 0 Å². The van der Waals surface area contributed by atoms with Crippen LogP contribution in [0.2, 0.25) is 0 Å². The first kappa shape index (κ1) is 18.1. The van der Waals surface area contributed by atoms with E-state index < -0.39 is 5.41 Å². The van der Waals surface area contributed by atoms with Crippen LogP contribution in [0.5, 0.6) is 5.75 Å². The number of nitrogens with one attached hydrogen (secondary N) is 2. The molecule has 4 rings (SSSR count). The van der Waals surface area contributed by atoms with Gasteiger partial charge in [0.25, 0.3) is 0 Å². The van der Waals surface area contributed by atoms with E-state index in [1.54, 1.807) is 7.11 Å². The minimum absolute atomic E-state index is 0.143. The highest BCUT2D eigenvalue weighted by atomic mass is 16.5. The summed E-state index contributed by atoms with van der Waals surface area (Å²) in [7, 11) is 1.69. The first-order chi connectivity index (χ1) is 13.1. The van der Waals surface area contributed by atoms with Crippen LogP contribution in [-0.4, -0.2) is 13.0 Å². The van der Waals surface area contributed by atoms with E-state index in [9.17, 15) is 4.79 Å². The first-order valence-corrected chi connectivity index (χ1v) is 9.87. The Labute approximate surface area is 161 Å². The number of aryl methyl sites for hydroxylation is 1. The molecule has 2 aliphatic rings. The number of amides is 1. The molecule has 0 radical (unpaired) electrons. The molecule has 0 aromatic heterocycles. The predicted octanol–water partition coefficient (Wildman–Crippen LogP) is 3.74. The quantitative estimate of drug-likeness (QED) is 0.850. The molecule has 142 valence electrons. The number of hydrogen-bond donors (Lipinski definition) is 2. The lowest BCUT2D eigenvalue weighted by molar-refractivity contribution is -0.126. The van der Waals surface area contributed by atoms with Crippen LogP contribution in [0.4, 0.5) is 0 Å². The van der Waals surface area contributed by atoms with Crippen molar-refractivity contribution in [2.45, 2.75) is 57.7 Å². The summed E-state index contributed by atoms with van der Waals surface area (Å²) in [5.74, 6) is 1.00. The van der Waals surface area contributed by atoms with E-state index in [2.05, 4.69) is 47.0 Å². The fourth-order valence-electron chi connectivity index (χ4n) is 4.55. The average Bonchev–Trinajstić information content (AvgIpc) is 3.36. The van der Waals surface area contributed by atoms with Crippen LogP contribution in [0.3, 0.4) is 0 Å². The van der Waals surface area contributed by atoms with Gasteiger partial charge in [0.2, 0.25) is 5.91 Å². The Morgan fingerprint density at radius 1 is 1.11 bits per heavy atom. The van der Waals surface area contributed by atoms with E-state index in [1.165, 1.54) is 16.7 Å². The Hall–Kier alpha value is -2.33. The van der Waals surface area contributed by atoms with Crippen molar-refractivity contribution in [1.82, 2.24) is 10.6 Å². The van der Waals surface area contributed by atoms with E-state index in [4.69, 9.17) is 4.74 Å². The molecule has 4 nitrogen and oxygen atoms in total. The van der Waals surface area contributed by atoms with E-state index in [1.807, 2.05) is 6.92 Å². The second-order valence-electron chi connectivity index (χ2n) is 7.86. The normalized spacial score (nSPS) is 17.6. The third kappa shape index (κ3) is 3.34. The van der Waals surface area contributed by atoms with E-state index in [-0.39, 0.29) is 5.91 Å². The molecule has 4 heteroatoms. The lowest BCUT2D eigenvalue weighted by Crippen LogP contribution is -2.42. The van der Waals surface area contributed by atoms with Crippen molar-refractivity contribution in [3.05, 3.63) is 64.2 Å². The molecule has 1 saturated carbocycles. The SMILES string of the molecule is COc1cc(C2(C(=O)NCc3ccc4c(c3)CNC4)CCCC2)ccc1C. The van der Waals surface area contributed by atoms with Crippen LogP contribution >= 0.6 is 0 Å². The number of methoxy groups -OCH3 is 1. The number of fused-ring (bicyclic) bond motifs is 1. The molecule has 1 amide bonds. The van der Waals surface area contributed by atoms with E-state index >= 15 is 0 Å². The number of carbonyl (C=O) groups is 1. The van der Waals surface area contributed by atoms with Gasteiger partial charge in [0.05, 0.1) is 12.5 Å². The summed E-state index contributed by atoms with van der Waals surface area (Å²) in [4.78, 5) is 13.3. The monoisotopic (exact) mass is 364 g/mol. The van der Waals surface area contributed by atoms with Crippen molar-refractivity contribution < 1.29 is 9.53 Å². The lowest BCUT2D eigenvalue weighted by Gasteiger charge is -2.29. The van der Waals surface area contributed by atoms with E-state index in [0.717, 1.165) is 55.6 Å². The third-order valence-electron chi connectivity index (χ3n) is 6.21. The maximum atomic E-state index is 13.3. The highest BCUT2D eigenvalue weighted by Gasteiger charge is 2.42. The van der Waals surface area contributed by atoms with Crippen molar-refractivity contribution in [2.75, 3.05) is 7.11 Å². The second kappa shape index (κ2) is 7.35. The number of ether oxygens (including phenoxy) is 1. The standard InChI is InChI=1S/C23H28N2O2/c1-16-5-8-20(12-21(16)27-2)23(9-3-4-10-23)22(26)25-13-17-6-7-18-14-24-15-19(18)11-17/h5-8,11-12,24H,3-4,9-10,13-15H2,1-2H3,(H,25,26). The van der Waals surface area contributed by atoms with Crippen LogP contribution in [0.25, 0.3) is 0 Å². The topological polar surface area (TPSA) is 50.4 Å². The summed E-state index contributed by atoms with van der Waals surface area (Å²) < 4.78 is 5.50. The van der Waals surface area contributed by atoms with Gasteiger partial charge in [-0.25, -0.2) is 0 Å². The molecule has 1 fully saturated rings. The zero-order valence-electron chi connectivity index (χ0n) is 16.2. The van der Waals surface area contributed by atoms with Gasteiger partial charge in [-0.05, 0) is 53.6 Å². The molecule has 0 spiro atoms. The van der Waals surface area contributed by atoms with E-state index in [0.29, 0.717) is 6.54 Å². The maximum absolute atomic E-state index is 13.3. The highest BCUT2D eigenvalue weighted by Crippen LogP contribution is 2.42. The molecule has 2 aromatic rings. The van der Waals surface area contributed by atoms with Gasteiger partial charge < -0.3 is 15.4 Å². The van der Waals surface area contributed by atoms with Crippen molar-refractivity contribution in [3.63, 3.8) is 0 Å². The third-order valence-corrected chi connectivity index (χ3v) is 6.21. The van der Waals surface area contributed by atoms with Crippen LogP contribution in [0.15, 0.2) is 36.4 Å². The van der Waals surface area contributed by atoms with Gasteiger partial charge in [-0.15, -0.1) is 0 Å². The van der Waals surface area contributed by atoms with Gasteiger partial charge in [0, 0.05) is 19.6 Å². The number of hydrogen-bond acceptors (Lipinski definition) is 3. The Kier molecular flexibility index (Phi) is 4.92. The van der Waals surface area contributed by atoms with Gasteiger partial charge in [-0.1, -0.05) is 43.2 Å². The van der Waals surface area contributed by atoms with Crippen molar-refractivity contribution >= 4 is 5.91 Å². The summed E-state index contributed by atoms with van der Waals surface area (Å²) in [5.41, 5.74) is 5.63. The number of rotatable bonds is 5. The molecule has 2 N–H and O–H groups in total. The molecule has 1 aliphatic carbocycles. The minimum Gasteiger partial charge on any atom is -0.496 e. The fourth-order valence-corrected chi connectivity index (χ4v) is 4.55. The molecule has 0 saturated heterocycles. The molecule has 27 heavy (non-hydrogen) atoms. The van der Waals surface area contributed by atoms with Crippen LogP contribution in [0, 0.1) is 6.92 Å². The summed E-state index contributed by atoms with van der Waals surface area (Å²) in [6, 6.07) is 12.7. The predicted molar refractivity (Wildman–Crippen MR) is 107 cm³/mol. The average molecular weight is 364 g/mol. The Morgan fingerprint density at radius 2 is 1.89 bits per heavy atom. The lowest BCUT2D eigenvalue weighted by atomic mass is 9.77. The maximum Gasteiger partial charge on any atom is 0.230 e. The number of carbonyl (C=O) groups excluding carboxylic acids is 1. The Bertz CT molecular complexity index is 853. The van der Waals surface area contributed by atoms with Crippen molar-refractivity contribution in [2.24, 2.45) is 0 Å². The number of benzene rings is 2. The summed E-state index contributed by atoms with van der Waals surface area (Å²) in [5, 5.41) is 6.59. The summed E-state index contributed by atoms with van der Waals surface area (Å²) >= 11 is 0. The van der Waals surface area contributed by atoms with Crippen molar-refractivity contribution in [1.29, 1.82) is 0 Å². The van der Waals surface area contributed by atoms with Crippen LogP contribution in [-0.2, 0) is 29.8 Å². The van der Waals surface area contributed by atoms with Gasteiger partial charge in [-0.2, -0.15) is 0 Å². The second-order valence-corrected chi connectivity index (χ2v) is 7.86. The molecule has 0 unspecified atom stereocenters. The van der Waals surface area contributed by atoms with Gasteiger partial charge in [0.1, 0.15) is 5.75 Å². The largest absolute Gasteiger partial charge is 0.496 e. The highest BCUT2D eigenvalue weighted by molar-refractivity contribution is 5.88. The van der Waals surface area contributed by atoms with Gasteiger partial charge in [0.15, 0.2) is 0 Å². The molecule has 0 atom stereocenters. The minimum atomic E-state index is -0.431. The molecule has 0 bridgehead atoms. The van der Waals surface area contributed by atoms with Crippen LogP contribution in [0.1, 0.15) is 53.5 Å². The van der Waals surface area contributed by atoms with Crippen molar-refractivity contribution in [3.8, 4) is 5.75 Å².